The molecule has 1 N–H and O–H groups in total. The molecule has 0 saturated heterocycles. The Balaban J connectivity index is 2.15. The Hall–Kier alpha value is -1.75. The molecule has 1 amide bonds. The van der Waals surface area contributed by atoms with Crippen molar-refractivity contribution in [2.75, 3.05) is 5.32 Å². The SMILES string of the molecule is O=C(Nc1cc(F)cc(F)c1)c1ccc(CBr)cc1. The Morgan fingerprint density at radius 3 is 2.16 bits per heavy atom. The highest BCUT2D eigenvalue weighted by atomic mass is 79.9. The second kappa shape index (κ2) is 5.93. The molecule has 0 spiro atoms. The molecule has 19 heavy (non-hydrogen) atoms. The summed E-state index contributed by atoms with van der Waals surface area (Å²) in [5.74, 6) is -1.87. The summed E-state index contributed by atoms with van der Waals surface area (Å²) in [4.78, 5) is 11.9. The summed E-state index contributed by atoms with van der Waals surface area (Å²) in [5.41, 5.74) is 1.55. The van der Waals surface area contributed by atoms with E-state index in [9.17, 15) is 13.6 Å². The Bertz CT molecular complexity index is 579. The van der Waals surface area contributed by atoms with Gasteiger partial charge in [-0.3, -0.25) is 4.79 Å². The Morgan fingerprint density at radius 2 is 1.63 bits per heavy atom. The summed E-state index contributed by atoms with van der Waals surface area (Å²) in [6, 6.07) is 9.79. The number of alkyl halides is 1. The van der Waals surface area contributed by atoms with Gasteiger partial charge in [0, 0.05) is 22.6 Å². The summed E-state index contributed by atoms with van der Waals surface area (Å²) < 4.78 is 26.0. The molecule has 0 saturated carbocycles. The highest BCUT2D eigenvalue weighted by molar-refractivity contribution is 9.08. The lowest BCUT2D eigenvalue weighted by Crippen LogP contribution is -2.12. The van der Waals surface area contributed by atoms with E-state index in [4.69, 9.17) is 0 Å². The molecule has 2 rings (SSSR count). The molecular weight excluding hydrogens is 316 g/mol. The maximum Gasteiger partial charge on any atom is 0.255 e. The van der Waals surface area contributed by atoms with E-state index in [1.165, 1.54) is 0 Å². The smallest absolute Gasteiger partial charge is 0.255 e. The Labute approximate surface area is 117 Å². The van der Waals surface area contributed by atoms with Gasteiger partial charge >= 0.3 is 0 Å². The van der Waals surface area contributed by atoms with E-state index in [1.807, 2.05) is 0 Å². The number of rotatable bonds is 3. The van der Waals surface area contributed by atoms with E-state index in [0.29, 0.717) is 10.9 Å². The average molecular weight is 326 g/mol. The zero-order valence-electron chi connectivity index (χ0n) is 9.79. The van der Waals surface area contributed by atoms with Gasteiger partial charge in [0.15, 0.2) is 0 Å². The molecule has 0 aliphatic carbocycles. The number of nitrogens with one attached hydrogen (secondary N) is 1. The van der Waals surface area contributed by atoms with Crippen LogP contribution in [-0.2, 0) is 5.33 Å². The number of amides is 1. The average Bonchev–Trinajstić information content (AvgIpc) is 2.37. The van der Waals surface area contributed by atoms with Crippen molar-refractivity contribution in [2.24, 2.45) is 0 Å². The normalized spacial score (nSPS) is 10.3. The molecule has 0 fully saturated rings. The first-order valence-electron chi connectivity index (χ1n) is 5.51. The fraction of sp³-hybridized carbons (Fsp3) is 0.0714. The number of anilines is 1. The van der Waals surface area contributed by atoms with Gasteiger partial charge in [-0.15, -0.1) is 0 Å². The monoisotopic (exact) mass is 325 g/mol. The second-order valence-corrected chi connectivity index (χ2v) is 4.50. The number of hydrogen-bond acceptors (Lipinski definition) is 1. The van der Waals surface area contributed by atoms with Crippen LogP contribution >= 0.6 is 15.9 Å². The molecule has 5 heteroatoms. The van der Waals surface area contributed by atoms with E-state index in [1.54, 1.807) is 24.3 Å². The lowest BCUT2D eigenvalue weighted by atomic mass is 10.1. The molecular formula is C14H10BrF2NO. The lowest BCUT2D eigenvalue weighted by molar-refractivity contribution is 0.102. The van der Waals surface area contributed by atoms with Crippen molar-refractivity contribution < 1.29 is 13.6 Å². The third-order valence-corrected chi connectivity index (χ3v) is 3.14. The first-order chi connectivity index (χ1) is 9.08. The fourth-order valence-corrected chi connectivity index (χ4v) is 1.95. The number of carbonyl (C=O) groups is 1. The van der Waals surface area contributed by atoms with Gasteiger partial charge in [0.1, 0.15) is 11.6 Å². The van der Waals surface area contributed by atoms with Crippen LogP contribution in [0.5, 0.6) is 0 Å². The van der Waals surface area contributed by atoms with Crippen molar-refractivity contribution >= 4 is 27.5 Å². The van der Waals surface area contributed by atoms with Crippen LogP contribution in [-0.4, -0.2) is 5.91 Å². The lowest BCUT2D eigenvalue weighted by Gasteiger charge is -2.06. The van der Waals surface area contributed by atoms with Gasteiger partial charge in [-0.2, -0.15) is 0 Å². The third-order valence-electron chi connectivity index (χ3n) is 2.49. The van der Waals surface area contributed by atoms with Gasteiger partial charge in [0.25, 0.3) is 5.91 Å². The maximum atomic E-state index is 13.0. The van der Waals surface area contributed by atoms with E-state index in [-0.39, 0.29) is 5.69 Å². The second-order valence-electron chi connectivity index (χ2n) is 3.94. The predicted octanol–water partition coefficient (Wildman–Crippen LogP) is 4.11. The molecule has 98 valence electrons. The van der Waals surface area contributed by atoms with Gasteiger partial charge in [-0.25, -0.2) is 8.78 Å². The quantitative estimate of drug-likeness (QED) is 0.845. The van der Waals surface area contributed by atoms with Crippen molar-refractivity contribution in [3.63, 3.8) is 0 Å². The topological polar surface area (TPSA) is 29.1 Å². The molecule has 0 unspecified atom stereocenters. The zero-order chi connectivity index (χ0) is 13.8. The Kier molecular flexibility index (Phi) is 4.27. The van der Waals surface area contributed by atoms with Crippen LogP contribution in [0.15, 0.2) is 42.5 Å². The standard InChI is InChI=1S/C14H10BrF2NO/c15-8-9-1-3-10(4-2-9)14(19)18-13-6-11(16)5-12(17)7-13/h1-7H,8H2,(H,18,19). The van der Waals surface area contributed by atoms with E-state index >= 15 is 0 Å². The highest BCUT2D eigenvalue weighted by Crippen LogP contribution is 2.15. The van der Waals surface area contributed by atoms with Crippen LogP contribution in [0.4, 0.5) is 14.5 Å². The minimum absolute atomic E-state index is 0.0899. The molecule has 0 atom stereocenters. The minimum atomic E-state index is -0.732. The molecule has 0 bridgehead atoms. The molecule has 0 aromatic heterocycles. The Morgan fingerprint density at radius 1 is 1.05 bits per heavy atom. The molecule has 2 nitrogen and oxygen atoms in total. The number of halogens is 3. The van der Waals surface area contributed by atoms with E-state index in [0.717, 1.165) is 23.8 Å². The van der Waals surface area contributed by atoms with Gasteiger partial charge < -0.3 is 5.32 Å². The van der Waals surface area contributed by atoms with Crippen LogP contribution in [0.25, 0.3) is 0 Å². The number of benzene rings is 2. The van der Waals surface area contributed by atoms with Crippen LogP contribution in [0.3, 0.4) is 0 Å². The van der Waals surface area contributed by atoms with Crippen molar-refractivity contribution in [3.05, 3.63) is 65.2 Å². The molecule has 0 aliphatic heterocycles. The van der Waals surface area contributed by atoms with Crippen LogP contribution in [0.2, 0.25) is 0 Å². The summed E-state index contributed by atoms with van der Waals surface area (Å²) in [7, 11) is 0. The van der Waals surface area contributed by atoms with Crippen molar-refractivity contribution in [2.45, 2.75) is 5.33 Å². The van der Waals surface area contributed by atoms with E-state index < -0.39 is 17.5 Å². The van der Waals surface area contributed by atoms with Crippen molar-refractivity contribution in [1.29, 1.82) is 0 Å². The van der Waals surface area contributed by atoms with Crippen molar-refractivity contribution in [3.8, 4) is 0 Å². The maximum absolute atomic E-state index is 13.0. The summed E-state index contributed by atoms with van der Waals surface area (Å²) in [6.45, 7) is 0. The molecule has 2 aromatic rings. The van der Waals surface area contributed by atoms with E-state index in [2.05, 4.69) is 21.2 Å². The third kappa shape index (κ3) is 3.61. The van der Waals surface area contributed by atoms with Crippen LogP contribution < -0.4 is 5.32 Å². The largest absolute Gasteiger partial charge is 0.322 e. The summed E-state index contributed by atoms with van der Waals surface area (Å²) >= 11 is 3.30. The van der Waals surface area contributed by atoms with Gasteiger partial charge in [0.2, 0.25) is 0 Å². The number of hydrogen-bond donors (Lipinski definition) is 1. The number of carbonyl (C=O) groups excluding carboxylic acids is 1. The van der Waals surface area contributed by atoms with Gasteiger partial charge in [0.05, 0.1) is 0 Å². The van der Waals surface area contributed by atoms with Crippen molar-refractivity contribution in [1.82, 2.24) is 0 Å². The first kappa shape index (κ1) is 13.7. The highest BCUT2D eigenvalue weighted by Gasteiger charge is 2.07. The fourth-order valence-electron chi connectivity index (χ4n) is 1.57. The first-order valence-corrected chi connectivity index (χ1v) is 6.63. The predicted molar refractivity (Wildman–Crippen MR) is 73.4 cm³/mol. The van der Waals surface area contributed by atoms with Crippen LogP contribution in [0, 0.1) is 11.6 Å². The van der Waals surface area contributed by atoms with Gasteiger partial charge in [-0.05, 0) is 29.8 Å². The van der Waals surface area contributed by atoms with Gasteiger partial charge in [-0.1, -0.05) is 28.1 Å². The molecule has 2 aromatic carbocycles. The molecule has 0 heterocycles. The summed E-state index contributed by atoms with van der Waals surface area (Å²) in [5, 5.41) is 3.15. The van der Waals surface area contributed by atoms with Crippen LogP contribution in [0.1, 0.15) is 15.9 Å². The molecule has 0 aliphatic rings. The minimum Gasteiger partial charge on any atom is -0.322 e. The summed E-state index contributed by atoms with van der Waals surface area (Å²) in [6.07, 6.45) is 0. The zero-order valence-corrected chi connectivity index (χ0v) is 11.4. The molecule has 0 radical (unpaired) electrons.